The van der Waals surface area contributed by atoms with E-state index in [4.69, 9.17) is 0 Å². The van der Waals surface area contributed by atoms with Gasteiger partial charge in [-0.3, -0.25) is 4.79 Å². The Morgan fingerprint density at radius 3 is 2.89 bits per heavy atom. The van der Waals surface area contributed by atoms with Crippen LogP contribution in [-0.4, -0.2) is 29.9 Å². The minimum Gasteiger partial charge on any atom is -0.336 e. The normalized spacial score (nSPS) is 19.9. The topological polar surface area (TPSA) is 32.3 Å². The van der Waals surface area contributed by atoms with Crippen molar-refractivity contribution in [1.82, 2.24) is 10.2 Å². The first-order valence-corrected chi connectivity index (χ1v) is 6.98. The summed E-state index contributed by atoms with van der Waals surface area (Å²) in [6.07, 6.45) is 0.665. The fourth-order valence-electron chi connectivity index (χ4n) is 2.17. The van der Waals surface area contributed by atoms with Crippen LogP contribution >= 0.6 is 15.9 Å². The molecule has 1 atom stereocenters. The van der Waals surface area contributed by atoms with E-state index in [2.05, 4.69) is 21.2 Å². The van der Waals surface area contributed by atoms with Crippen LogP contribution in [0.2, 0.25) is 0 Å². The molecule has 1 amide bonds. The van der Waals surface area contributed by atoms with Crippen LogP contribution in [0.5, 0.6) is 0 Å². The van der Waals surface area contributed by atoms with E-state index < -0.39 is 11.6 Å². The zero-order chi connectivity index (χ0) is 14.0. The summed E-state index contributed by atoms with van der Waals surface area (Å²) < 4.78 is 27.8. The molecule has 0 bridgehead atoms. The van der Waals surface area contributed by atoms with Crippen molar-refractivity contribution in [2.24, 2.45) is 0 Å². The van der Waals surface area contributed by atoms with Gasteiger partial charge in [0.15, 0.2) is 0 Å². The van der Waals surface area contributed by atoms with E-state index in [9.17, 15) is 13.6 Å². The maximum atomic E-state index is 13.9. The number of nitrogens with one attached hydrogen (secondary N) is 1. The van der Waals surface area contributed by atoms with Crippen molar-refractivity contribution in [3.05, 3.63) is 33.8 Å². The van der Waals surface area contributed by atoms with Crippen molar-refractivity contribution in [3.63, 3.8) is 0 Å². The van der Waals surface area contributed by atoms with Gasteiger partial charge in [0.1, 0.15) is 11.6 Å². The smallest absolute Gasteiger partial charge is 0.240 e. The van der Waals surface area contributed by atoms with Crippen LogP contribution in [0.3, 0.4) is 0 Å². The summed E-state index contributed by atoms with van der Waals surface area (Å²) in [6, 6.07) is 2.27. The van der Waals surface area contributed by atoms with Crippen LogP contribution in [0.15, 0.2) is 16.6 Å². The molecule has 0 spiro atoms. The molecule has 0 aromatic heterocycles. The quantitative estimate of drug-likeness (QED) is 0.862. The average molecular weight is 333 g/mol. The lowest BCUT2D eigenvalue weighted by atomic mass is 10.1. The third-order valence-corrected chi connectivity index (χ3v) is 3.89. The Bertz CT molecular complexity index is 496. The number of hydrogen-bond donors (Lipinski definition) is 1. The van der Waals surface area contributed by atoms with Gasteiger partial charge >= 0.3 is 0 Å². The maximum absolute atomic E-state index is 13.9. The fourth-order valence-corrected chi connectivity index (χ4v) is 2.54. The summed E-state index contributed by atoms with van der Waals surface area (Å²) in [4.78, 5) is 13.6. The first-order valence-electron chi connectivity index (χ1n) is 6.19. The maximum Gasteiger partial charge on any atom is 0.240 e. The molecule has 6 heteroatoms. The number of carbonyl (C=O) groups is 1. The van der Waals surface area contributed by atoms with Gasteiger partial charge in [-0.05, 0) is 34.5 Å². The largest absolute Gasteiger partial charge is 0.336 e. The highest BCUT2D eigenvalue weighted by molar-refractivity contribution is 9.10. The van der Waals surface area contributed by atoms with E-state index in [0.29, 0.717) is 19.5 Å². The van der Waals surface area contributed by atoms with Crippen molar-refractivity contribution in [2.45, 2.75) is 25.9 Å². The SMILES string of the molecule is CCC1NCCN(Cc2c(F)ccc(Br)c2F)C1=O. The minimum atomic E-state index is -0.639. The molecule has 2 rings (SSSR count). The third-order valence-electron chi connectivity index (χ3n) is 3.28. The summed E-state index contributed by atoms with van der Waals surface area (Å²) in [6.45, 7) is 2.97. The molecule has 1 saturated heterocycles. The van der Waals surface area contributed by atoms with E-state index in [-0.39, 0.29) is 28.5 Å². The van der Waals surface area contributed by atoms with Gasteiger partial charge in [0.2, 0.25) is 5.91 Å². The van der Waals surface area contributed by atoms with E-state index >= 15 is 0 Å². The molecule has 1 aromatic rings. The van der Waals surface area contributed by atoms with Gasteiger partial charge in [0.05, 0.1) is 17.1 Å². The summed E-state index contributed by atoms with van der Waals surface area (Å²) >= 11 is 3.03. The average Bonchev–Trinajstić information content (AvgIpc) is 2.41. The van der Waals surface area contributed by atoms with Crippen LogP contribution in [0.25, 0.3) is 0 Å². The highest BCUT2D eigenvalue weighted by atomic mass is 79.9. The first kappa shape index (κ1) is 14.4. The second-order valence-corrected chi connectivity index (χ2v) is 5.35. The minimum absolute atomic E-state index is 0.0336. The number of piperazine rings is 1. The molecule has 0 aliphatic carbocycles. The van der Waals surface area contributed by atoms with Gasteiger partial charge in [0, 0.05) is 18.7 Å². The van der Waals surface area contributed by atoms with E-state index in [0.717, 1.165) is 0 Å². The summed E-state index contributed by atoms with van der Waals surface area (Å²) in [7, 11) is 0. The Kier molecular flexibility index (Phi) is 4.52. The lowest BCUT2D eigenvalue weighted by Gasteiger charge is -2.33. The van der Waals surface area contributed by atoms with Gasteiger partial charge in [0.25, 0.3) is 0 Å². The number of carbonyl (C=O) groups excluding carboxylic acids is 1. The van der Waals surface area contributed by atoms with Gasteiger partial charge in [-0.2, -0.15) is 0 Å². The van der Waals surface area contributed by atoms with Gasteiger partial charge in [-0.25, -0.2) is 8.78 Å². The van der Waals surface area contributed by atoms with Crippen molar-refractivity contribution in [3.8, 4) is 0 Å². The number of nitrogens with zero attached hydrogens (tertiary/aromatic N) is 1. The molecule has 1 heterocycles. The third kappa shape index (κ3) is 2.95. The molecule has 1 aliphatic heterocycles. The molecule has 0 radical (unpaired) electrons. The van der Waals surface area contributed by atoms with Crippen molar-refractivity contribution >= 4 is 21.8 Å². The van der Waals surface area contributed by atoms with Crippen LogP contribution in [0, 0.1) is 11.6 Å². The van der Waals surface area contributed by atoms with Crippen molar-refractivity contribution in [1.29, 1.82) is 0 Å². The molecule has 1 fully saturated rings. The van der Waals surface area contributed by atoms with E-state index in [1.807, 2.05) is 6.92 Å². The van der Waals surface area contributed by atoms with Crippen LogP contribution in [0.1, 0.15) is 18.9 Å². The second-order valence-electron chi connectivity index (χ2n) is 4.50. The molecule has 1 aromatic carbocycles. The Morgan fingerprint density at radius 1 is 1.47 bits per heavy atom. The number of hydrogen-bond acceptors (Lipinski definition) is 2. The monoisotopic (exact) mass is 332 g/mol. The lowest BCUT2D eigenvalue weighted by Crippen LogP contribution is -2.54. The molecule has 104 valence electrons. The summed E-state index contributed by atoms with van der Waals surface area (Å²) in [5, 5.41) is 3.09. The number of benzene rings is 1. The van der Waals surface area contributed by atoms with Crippen molar-refractivity contribution in [2.75, 3.05) is 13.1 Å². The summed E-state index contributed by atoms with van der Waals surface area (Å²) in [5.74, 6) is -1.37. The predicted octanol–water partition coefficient (Wildman–Crippen LogP) is 2.44. The molecule has 1 aliphatic rings. The molecular formula is C13H15BrF2N2O. The zero-order valence-electron chi connectivity index (χ0n) is 10.5. The Balaban J connectivity index is 2.21. The second kappa shape index (κ2) is 5.96. The Labute approximate surface area is 119 Å². The molecular weight excluding hydrogens is 318 g/mol. The molecule has 19 heavy (non-hydrogen) atoms. The highest BCUT2D eigenvalue weighted by Crippen LogP contribution is 2.23. The predicted molar refractivity (Wildman–Crippen MR) is 71.6 cm³/mol. The first-order chi connectivity index (χ1) is 9.04. The lowest BCUT2D eigenvalue weighted by molar-refractivity contribution is -0.136. The Morgan fingerprint density at radius 2 is 2.21 bits per heavy atom. The van der Waals surface area contributed by atoms with Crippen molar-refractivity contribution < 1.29 is 13.6 Å². The molecule has 1 N–H and O–H groups in total. The zero-order valence-corrected chi connectivity index (χ0v) is 12.1. The number of halogens is 3. The van der Waals surface area contributed by atoms with Crippen LogP contribution < -0.4 is 5.32 Å². The van der Waals surface area contributed by atoms with Gasteiger partial charge in [-0.15, -0.1) is 0 Å². The van der Waals surface area contributed by atoms with Gasteiger partial charge in [-0.1, -0.05) is 6.92 Å². The summed E-state index contributed by atoms with van der Waals surface area (Å²) in [5.41, 5.74) is -0.0699. The number of rotatable bonds is 3. The molecule has 1 unspecified atom stereocenters. The molecule has 3 nitrogen and oxygen atoms in total. The number of amides is 1. The van der Waals surface area contributed by atoms with E-state index in [1.54, 1.807) is 0 Å². The van der Waals surface area contributed by atoms with Crippen LogP contribution in [0.4, 0.5) is 8.78 Å². The highest BCUT2D eigenvalue weighted by Gasteiger charge is 2.28. The van der Waals surface area contributed by atoms with Crippen LogP contribution in [-0.2, 0) is 11.3 Å². The molecule has 0 saturated carbocycles. The Hall–Kier alpha value is -1.01. The standard InChI is InChI=1S/C13H15BrF2N2O/c1-2-11-13(19)18(6-5-17-11)7-8-10(15)4-3-9(14)12(8)16/h3-4,11,17H,2,5-7H2,1H3. The van der Waals surface area contributed by atoms with E-state index in [1.165, 1.54) is 17.0 Å². The van der Waals surface area contributed by atoms with Gasteiger partial charge < -0.3 is 10.2 Å². The fraction of sp³-hybridized carbons (Fsp3) is 0.462.